The van der Waals surface area contributed by atoms with Gasteiger partial charge in [0.25, 0.3) is 5.91 Å². The molecule has 1 aliphatic heterocycles. The van der Waals surface area contributed by atoms with Crippen LogP contribution in [-0.2, 0) is 0 Å². The molecule has 1 saturated heterocycles. The van der Waals surface area contributed by atoms with E-state index in [0.29, 0.717) is 22.3 Å². The van der Waals surface area contributed by atoms with Crippen LogP contribution in [0, 0.1) is 0 Å². The Morgan fingerprint density at radius 1 is 1.00 bits per heavy atom. The molecule has 27 heavy (non-hydrogen) atoms. The molecule has 0 saturated carbocycles. The van der Waals surface area contributed by atoms with Crippen LogP contribution >= 0.6 is 22.9 Å². The SMILES string of the molecule is O=C(c1cnc(-c2ncccn2)s1)N1CCCN(c2ccccc2Cl)CC1. The summed E-state index contributed by atoms with van der Waals surface area (Å²) in [7, 11) is 0. The number of thiazole rings is 1. The van der Waals surface area contributed by atoms with E-state index in [0.717, 1.165) is 36.8 Å². The number of hydrogen-bond donors (Lipinski definition) is 0. The van der Waals surface area contributed by atoms with Crippen molar-refractivity contribution in [2.24, 2.45) is 0 Å². The number of carbonyl (C=O) groups excluding carboxylic acids is 1. The molecule has 4 rings (SSSR count). The van der Waals surface area contributed by atoms with Crippen LogP contribution in [0.4, 0.5) is 5.69 Å². The van der Waals surface area contributed by atoms with Crippen molar-refractivity contribution in [1.29, 1.82) is 0 Å². The Morgan fingerprint density at radius 2 is 1.81 bits per heavy atom. The van der Waals surface area contributed by atoms with Crippen molar-refractivity contribution in [3.8, 4) is 10.8 Å². The smallest absolute Gasteiger partial charge is 0.265 e. The molecule has 1 aromatic carbocycles. The summed E-state index contributed by atoms with van der Waals surface area (Å²) in [4.78, 5) is 30.4. The number of nitrogens with zero attached hydrogens (tertiary/aromatic N) is 5. The molecular weight excluding hydrogens is 382 g/mol. The zero-order chi connectivity index (χ0) is 18.6. The molecule has 0 N–H and O–H groups in total. The third kappa shape index (κ3) is 3.94. The maximum absolute atomic E-state index is 12.9. The Hall–Kier alpha value is -2.51. The van der Waals surface area contributed by atoms with Crippen molar-refractivity contribution in [1.82, 2.24) is 19.9 Å². The lowest BCUT2D eigenvalue weighted by Crippen LogP contribution is -2.34. The van der Waals surface area contributed by atoms with Crippen LogP contribution in [0.25, 0.3) is 10.8 Å². The molecule has 138 valence electrons. The Labute approximate surface area is 166 Å². The summed E-state index contributed by atoms with van der Waals surface area (Å²) in [5, 5.41) is 1.40. The van der Waals surface area contributed by atoms with Gasteiger partial charge in [-0.15, -0.1) is 11.3 Å². The summed E-state index contributed by atoms with van der Waals surface area (Å²) in [6.45, 7) is 3.00. The highest BCUT2D eigenvalue weighted by Crippen LogP contribution is 2.27. The van der Waals surface area contributed by atoms with Gasteiger partial charge in [0.05, 0.1) is 16.9 Å². The second-order valence-electron chi connectivity index (χ2n) is 6.19. The lowest BCUT2D eigenvalue weighted by Gasteiger charge is -2.24. The maximum Gasteiger partial charge on any atom is 0.265 e. The van der Waals surface area contributed by atoms with Crippen LogP contribution in [0.3, 0.4) is 0 Å². The van der Waals surface area contributed by atoms with E-state index in [4.69, 9.17) is 11.6 Å². The number of benzene rings is 1. The van der Waals surface area contributed by atoms with E-state index in [2.05, 4.69) is 19.9 Å². The van der Waals surface area contributed by atoms with E-state index in [1.165, 1.54) is 11.3 Å². The number of halogens is 1. The largest absolute Gasteiger partial charge is 0.368 e. The average molecular weight is 400 g/mol. The molecule has 6 nitrogen and oxygen atoms in total. The lowest BCUT2D eigenvalue weighted by atomic mass is 10.2. The van der Waals surface area contributed by atoms with Gasteiger partial charge in [0, 0.05) is 38.6 Å². The Bertz CT molecular complexity index is 933. The Morgan fingerprint density at radius 3 is 2.63 bits per heavy atom. The molecular formula is C19H18ClN5OS. The number of hydrogen-bond acceptors (Lipinski definition) is 6. The molecule has 2 aromatic heterocycles. The van der Waals surface area contributed by atoms with Gasteiger partial charge in [0.1, 0.15) is 4.88 Å². The van der Waals surface area contributed by atoms with Crippen molar-refractivity contribution in [2.45, 2.75) is 6.42 Å². The van der Waals surface area contributed by atoms with Gasteiger partial charge in [-0.1, -0.05) is 23.7 Å². The second-order valence-corrected chi connectivity index (χ2v) is 7.62. The van der Waals surface area contributed by atoms with Crippen LogP contribution in [0.15, 0.2) is 48.9 Å². The van der Waals surface area contributed by atoms with Gasteiger partial charge in [0.2, 0.25) is 0 Å². The van der Waals surface area contributed by atoms with Crippen LogP contribution in [0.2, 0.25) is 5.02 Å². The molecule has 8 heteroatoms. The van der Waals surface area contributed by atoms with Gasteiger partial charge in [-0.25, -0.2) is 15.0 Å². The summed E-state index contributed by atoms with van der Waals surface area (Å²) in [5.74, 6) is 0.554. The van der Waals surface area contributed by atoms with Crippen LogP contribution in [-0.4, -0.2) is 51.9 Å². The minimum Gasteiger partial charge on any atom is -0.368 e. The summed E-state index contributed by atoms with van der Waals surface area (Å²) in [5.41, 5.74) is 1.02. The quantitative estimate of drug-likeness (QED) is 0.673. The van der Waals surface area contributed by atoms with Crippen molar-refractivity contribution < 1.29 is 4.79 Å². The summed E-state index contributed by atoms with van der Waals surface area (Å²) in [6.07, 6.45) is 5.85. The monoisotopic (exact) mass is 399 g/mol. The Balaban J connectivity index is 1.46. The number of rotatable bonds is 3. The number of aromatic nitrogens is 3. The predicted molar refractivity (Wildman–Crippen MR) is 107 cm³/mol. The van der Waals surface area contributed by atoms with E-state index < -0.39 is 0 Å². The third-order valence-electron chi connectivity index (χ3n) is 4.45. The number of amides is 1. The first-order chi connectivity index (χ1) is 13.2. The van der Waals surface area contributed by atoms with Crippen LogP contribution in [0.5, 0.6) is 0 Å². The van der Waals surface area contributed by atoms with Gasteiger partial charge in [-0.05, 0) is 24.6 Å². The molecule has 1 fully saturated rings. The summed E-state index contributed by atoms with van der Waals surface area (Å²) >= 11 is 7.66. The molecule has 0 radical (unpaired) electrons. The third-order valence-corrected chi connectivity index (χ3v) is 5.75. The molecule has 0 unspecified atom stereocenters. The van der Waals surface area contributed by atoms with Crippen molar-refractivity contribution in [2.75, 3.05) is 31.1 Å². The number of carbonyl (C=O) groups is 1. The molecule has 1 amide bonds. The standard InChI is InChI=1S/C19H18ClN5OS/c20-14-5-1-2-6-15(14)24-9-4-10-25(12-11-24)19(26)16-13-23-18(27-16)17-21-7-3-8-22-17/h1-3,5-8,13H,4,9-12H2. The molecule has 3 aromatic rings. The minimum atomic E-state index is 0.00990. The van der Waals surface area contributed by atoms with Gasteiger partial charge in [-0.3, -0.25) is 4.79 Å². The highest BCUT2D eigenvalue weighted by Gasteiger charge is 2.23. The van der Waals surface area contributed by atoms with E-state index in [9.17, 15) is 4.79 Å². The Kier molecular flexibility index (Phi) is 5.31. The fourth-order valence-electron chi connectivity index (χ4n) is 3.11. The first-order valence-electron chi connectivity index (χ1n) is 8.74. The van der Waals surface area contributed by atoms with E-state index >= 15 is 0 Å². The molecule has 0 aliphatic carbocycles. The zero-order valence-electron chi connectivity index (χ0n) is 14.6. The van der Waals surface area contributed by atoms with Gasteiger partial charge in [0.15, 0.2) is 10.8 Å². The molecule has 0 spiro atoms. The van der Waals surface area contributed by atoms with Crippen molar-refractivity contribution >= 4 is 34.5 Å². The van der Waals surface area contributed by atoms with Crippen LogP contribution in [0.1, 0.15) is 16.1 Å². The summed E-state index contributed by atoms with van der Waals surface area (Å²) in [6, 6.07) is 9.59. The molecule has 1 aliphatic rings. The van der Waals surface area contributed by atoms with Crippen molar-refractivity contribution in [3.05, 3.63) is 58.8 Å². The van der Waals surface area contributed by atoms with Crippen LogP contribution < -0.4 is 4.90 Å². The van der Waals surface area contributed by atoms with Gasteiger partial charge < -0.3 is 9.80 Å². The van der Waals surface area contributed by atoms with E-state index in [1.807, 2.05) is 29.2 Å². The normalized spacial score (nSPS) is 14.9. The lowest BCUT2D eigenvalue weighted by molar-refractivity contribution is 0.0771. The van der Waals surface area contributed by atoms with E-state index in [-0.39, 0.29) is 5.91 Å². The van der Waals surface area contributed by atoms with Gasteiger partial charge in [-0.2, -0.15) is 0 Å². The maximum atomic E-state index is 12.9. The molecule has 3 heterocycles. The number of anilines is 1. The topological polar surface area (TPSA) is 62.2 Å². The fraction of sp³-hybridized carbons (Fsp3) is 0.263. The first kappa shape index (κ1) is 17.9. The minimum absolute atomic E-state index is 0.00990. The van der Waals surface area contributed by atoms with Gasteiger partial charge >= 0.3 is 0 Å². The molecule has 0 atom stereocenters. The average Bonchev–Trinajstić information content (AvgIpc) is 3.07. The predicted octanol–water partition coefficient (Wildman–Crippen LogP) is 3.61. The highest BCUT2D eigenvalue weighted by atomic mass is 35.5. The highest BCUT2D eigenvalue weighted by molar-refractivity contribution is 7.16. The number of para-hydroxylation sites is 1. The summed E-state index contributed by atoms with van der Waals surface area (Å²) < 4.78 is 0. The van der Waals surface area contributed by atoms with Crippen molar-refractivity contribution in [3.63, 3.8) is 0 Å². The first-order valence-corrected chi connectivity index (χ1v) is 9.94. The molecule has 0 bridgehead atoms. The van der Waals surface area contributed by atoms with E-state index in [1.54, 1.807) is 24.7 Å². The fourth-order valence-corrected chi connectivity index (χ4v) is 4.20. The zero-order valence-corrected chi connectivity index (χ0v) is 16.2. The second kappa shape index (κ2) is 8.02.